The van der Waals surface area contributed by atoms with Crippen molar-refractivity contribution in [1.29, 1.82) is 0 Å². The van der Waals surface area contributed by atoms with Gasteiger partial charge in [-0.25, -0.2) is 0 Å². The van der Waals surface area contributed by atoms with Gasteiger partial charge in [-0.3, -0.25) is 0 Å². The van der Waals surface area contributed by atoms with E-state index in [4.69, 9.17) is 0 Å². The second kappa shape index (κ2) is 11.1. The lowest BCUT2D eigenvalue weighted by molar-refractivity contribution is 0.546. The molecule has 3 aromatic carbocycles. The van der Waals surface area contributed by atoms with Gasteiger partial charge in [-0.1, -0.05) is 121 Å². The molecule has 2 aliphatic carbocycles. The average molecular weight is 541 g/mol. The van der Waals surface area contributed by atoms with Crippen molar-refractivity contribution in [2.24, 2.45) is 11.8 Å². The zero-order valence-corrected chi connectivity index (χ0v) is 26.8. The van der Waals surface area contributed by atoms with Crippen LogP contribution >= 0.6 is 0 Å². The molecule has 0 amide bonds. The number of hydrogen-bond donors (Lipinski definition) is 0. The third-order valence-electron chi connectivity index (χ3n) is 10.2. The van der Waals surface area contributed by atoms with Crippen LogP contribution in [0.5, 0.6) is 0 Å². The van der Waals surface area contributed by atoms with Crippen LogP contribution in [0.25, 0.3) is 21.9 Å². The van der Waals surface area contributed by atoms with Crippen LogP contribution in [0, 0.1) is 18.8 Å². The molecule has 0 heterocycles. The van der Waals surface area contributed by atoms with E-state index in [1.807, 2.05) is 0 Å². The van der Waals surface area contributed by atoms with E-state index < -0.39 is 0 Å². The van der Waals surface area contributed by atoms with E-state index in [1.54, 1.807) is 0 Å². The molecule has 2 aliphatic rings. The molecule has 0 bridgehead atoms. The number of hydrogen-bond acceptors (Lipinski definition) is 0. The molecule has 5 rings (SSSR count). The lowest BCUT2D eigenvalue weighted by Crippen LogP contribution is -2.18. The summed E-state index contributed by atoms with van der Waals surface area (Å²) < 4.78 is 0. The summed E-state index contributed by atoms with van der Waals surface area (Å²) in [7, 11) is 0. The summed E-state index contributed by atoms with van der Waals surface area (Å²) in [5, 5.41) is 2.75. The normalized spacial score (nSPS) is 19.7. The highest BCUT2D eigenvalue weighted by atomic mass is 14.4. The van der Waals surface area contributed by atoms with E-state index in [-0.39, 0.29) is 5.41 Å². The van der Waals surface area contributed by atoms with Gasteiger partial charge in [0.2, 0.25) is 0 Å². The van der Waals surface area contributed by atoms with Crippen LogP contribution in [-0.4, -0.2) is 0 Å². The highest BCUT2D eigenvalue weighted by Gasteiger charge is 2.38. The third-order valence-corrected chi connectivity index (χ3v) is 10.2. The molecule has 0 saturated heterocycles. The number of fused-ring (bicyclic) bond motifs is 5. The highest BCUT2D eigenvalue weighted by Crippen LogP contribution is 2.53. The highest BCUT2D eigenvalue weighted by molar-refractivity contribution is 6.03. The van der Waals surface area contributed by atoms with Crippen LogP contribution in [0.1, 0.15) is 96.4 Å². The minimum atomic E-state index is -0.0252. The monoisotopic (exact) mass is 540 g/mol. The van der Waals surface area contributed by atoms with Gasteiger partial charge in [0.15, 0.2) is 0 Å². The standard InChI is InChI=1S/C41H48/c1-11-17-33-28(8)39(31(14-4)30(33)13-3)34(18-12-2)27(7)26(6)29-21-22-36-37(24-29)41(9,10)38-23-25(5)32-19-15-16-20-35(32)40(36)38/h11,13,15-24,26-27,31H,3,12,14H2,1-2,4-10H3/b17-11-,34-18-. The minimum Gasteiger partial charge on any atom is -0.0987 e. The molecule has 0 aromatic heterocycles. The van der Waals surface area contributed by atoms with Gasteiger partial charge in [-0.05, 0) is 117 Å². The Bertz CT molecular complexity index is 1640. The first-order valence-electron chi connectivity index (χ1n) is 15.7. The summed E-state index contributed by atoms with van der Waals surface area (Å²) in [5.41, 5.74) is 15.8. The fourth-order valence-electron chi connectivity index (χ4n) is 7.83. The topological polar surface area (TPSA) is 0 Å². The maximum absolute atomic E-state index is 4.23. The van der Waals surface area contributed by atoms with Gasteiger partial charge in [0, 0.05) is 11.3 Å². The van der Waals surface area contributed by atoms with E-state index in [9.17, 15) is 0 Å². The molecule has 0 fully saturated rings. The Morgan fingerprint density at radius 3 is 2.32 bits per heavy atom. The molecule has 3 unspecified atom stereocenters. The molecule has 0 N–H and O–H groups in total. The fraction of sp³-hybridized carbons (Fsp3) is 0.366. The Hall–Kier alpha value is -3.38. The van der Waals surface area contributed by atoms with Gasteiger partial charge in [0.05, 0.1) is 0 Å². The van der Waals surface area contributed by atoms with Crippen molar-refractivity contribution in [1.82, 2.24) is 0 Å². The van der Waals surface area contributed by atoms with Gasteiger partial charge >= 0.3 is 0 Å². The smallest absolute Gasteiger partial charge is 0.0159 e. The molecular weight excluding hydrogens is 492 g/mol. The molecule has 0 aliphatic heterocycles. The molecule has 212 valence electrons. The largest absolute Gasteiger partial charge is 0.0987 e. The first-order chi connectivity index (χ1) is 19.6. The molecule has 0 radical (unpaired) electrons. The van der Waals surface area contributed by atoms with Crippen molar-refractivity contribution in [3.63, 3.8) is 0 Å². The predicted octanol–water partition coefficient (Wildman–Crippen LogP) is 11.9. The van der Waals surface area contributed by atoms with E-state index >= 15 is 0 Å². The van der Waals surface area contributed by atoms with Gasteiger partial charge in [0.1, 0.15) is 0 Å². The maximum atomic E-state index is 4.23. The van der Waals surface area contributed by atoms with Gasteiger partial charge < -0.3 is 0 Å². The molecule has 0 saturated carbocycles. The van der Waals surface area contributed by atoms with Crippen LogP contribution in [-0.2, 0) is 5.41 Å². The van der Waals surface area contributed by atoms with Crippen molar-refractivity contribution in [3.8, 4) is 11.1 Å². The molecule has 0 spiro atoms. The molecule has 3 atom stereocenters. The third kappa shape index (κ3) is 4.51. The second-order valence-electron chi connectivity index (χ2n) is 12.8. The first kappa shape index (κ1) is 29.1. The molecule has 0 nitrogen and oxygen atoms in total. The molecule has 41 heavy (non-hydrogen) atoms. The quantitative estimate of drug-likeness (QED) is 0.266. The van der Waals surface area contributed by atoms with E-state index in [0.717, 1.165) is 12.8 Å². The van der Waals surface area contributed by atoms with Gasteiger partial charge in [-0.15, -0.1) is 0 Å². The van der Waals surface area contributed by atoms with E-state index in [1.165, 1.54) is 72.0 Å². The lowest BCUT2D eigenvalue weighted by Gasteiger charge is -2.30. The number of rotatable bonds is 8. The van der Waals surface area contributed by atoms with Crippen molar-refractivity contribution >= 4 is 10.8 Å². The lowest BCUT2D eigenvalue weighted by atomic mass is 9.74. The maximum Gasteiger partial charge on any atom is 0.0159 e. The Morgan fingerprint density at radius 1 is 0.976 bits per heavy atom. The zero-order valence-electron chi connectivity index (χ0n) is 26.8. The van der Waals surface area contributed by atoms with Crippen LogP contribution in [0.2, 0.25) is 0 Å². The van der Waals surface area contributed by atoms with Crippen LogP contribution in [0.15, 0.2) is 107 Å². The van der Waals surface area contributed by atoms with Crippen molar-refractivity contribution in [3.05, 3.63) is 130 Å². The van der Waals surface area contributed by atoms with Crippen LogP contribution < -0.4 is 0 Å². The summed E-state index contributed by atoms with van der Waals surface area (Å²) in [6.45, 7) is 25.2. The Morgan fingerprint density at radius 2 is 1.68 bits per heavy atom. The molecule has 3 aromatic rings. The zero-order chi connectivity index (χ0) is 29.6. The second-order valence-corrected chi connectivity index (χ2v) is 12.8. The minimum absolute atomic E-state index is 0.0252. The van der Waals surface area contributed by atoms with Crippen LogP contribution in [0.4, 0.5) is 0 Å². The van der Waals surface area contributed by atoms with Crippen LogP contribution in [0.3, 0.4) is 0 Å². The Kier molecular flexibility index (Phi) is 7.90. The Labute approximate surface area is 249 Å². The Balaban J connectivity index is 1.58. The number of allylic oxidation sites excluding steroid dienone is 9. The predicted molar refractivity (Wildman–Crippen MR) is 181 cm³/mol. The van der Waals surface area contributed by atoms with Crippen molar-refractivity contribution in [2.45, 2.75) is 86.5 Å². The summed E-state index contributed by atoms with van der Waals surface area (Å²) >= 11 is 0. The SMILES string of the molecule is C=CC1=C(/C=C\C)C(C)=C(/C(=C\CC)C(C)C(C)c2ccc3c(c2)C(C)(C)c2cc(C)c4ccccc4c2-3)C1CC. The van der Waals surface area contributed by atoms with Gasteiger partial charge in [-0.2, -0.15) is 0 Å². The summed E-state index contributed by atoms with van der Waals surface area (Å²) in [5.74, 6) is 1.21. The van der Waals surface area contributed by atoms with E-state index in [2.05, 4.69) is 142 Å². The number of benzene rings is 3. The molecule has 0 heteroatoms. The van der Waals surface area contributed by atoms with Gasteiger partial charge in [0.25, 0.3) is 0 Å². The number of aryl methyl sites for hydroxylation is 1. The summed E-state index contributed by atoms with van der Waals surface area (Å²) in [6, 6.07) is 18.7. The van der Waals surface area contributed by atoms with Crippen molar-refractivity contribution in [2.75, 3.05) is 0 Å². The molecular formula is C41H48. The van der Waals surface area contributed by atoms with E-state index in [0.29, 0.717) is 17.8 Å². The average Bonchev–Trinajstić information content (AvgIpc) is 3.37. The fourth-order valence-corrected chi connectivity index (χ4v) is 7.83. The summed E-state index contributed by atoms with van der Waals surface area (Å²) in [6.07, 6.45) is 11.2. The first-order valence-corrected chi connectivity index (χ1v) is 15.7. The summed E-state index contributed by atoms with van der Waals surface area (Å²) in [4.78, 5) is 0. The van der Waals surface area contributed by atoms with Crippen molar-refractivity contribution < 1.29 is 0 Å².